The van der Waals surface area contributed by atoms with E-state index in [4.69, 9.17) is 14.8 Å². The lowest BCUT2D eigenvalue weighted by atomic mass is 10.2. The molecule has 1 aromatic rings. The lowest BCUT2D eigenvalue weighted by Crippen LogP contribution is -2.39. The molecule has 1 amide bonds. The van der Waals surface area contributed by atoms with Gasteiger partial charge in [0, 0.05) is 6.20 Å². The van der Waals surface area contributed by atoms with E-state index in [0.717, 1.165) is 0 Å². The Morgan fingerprint density at radius 2 is 2.37 bits per heavy atom. The lowest BCUT2D eigenvalue weighted by molar-refractivity contribution is -0.140. The summed E-state index contributed by atoms with van der Waals surface area (Å²) in [6, 6.07) is 4.08. The van der Waals surface area contributed by atoms with Crippen LogP contribution in [-0.2, 0) is 16.1 Å². The van der Waals surface area contributed by atoms with Crippen LogP contribution >= 0.6 is 0 Å². The van der Waals surface area contributed by atoms with Crippen molar-refractivity contribution in [3.05, 3.63) is 35.9 Å². The van der Waals surface area contributed by atoms with Crippen molar-refractivity contribution in [3.63, 3.8) is 0 Å². The van der Waals surface area contributed by atoms with E-state index in [9.17, 15) is 9.59 Å². The molecule has 0 saturated carbocycles. The van der Waals surface area contributed by atoms with Gasteiger partial charge in [0.05, 0.1) is 12.8 Å². The maximum atomic E-state index is 11.6. The molecule has 0 aromatic carbocycles. The van der Waals surface area contributed by atoms with Gasteiger partial charge in [0.15, 0.2) is 0 Å². The zero-order valence-corrected chi connectivity index (χ0v) is 10.2. The minimum absolute atomic E-state index is 0.209. The van der Waals surface area contributed by atoms with Crippen molar-refractivity contribution in [2.75, 3.05) is 0 Å². The molecule has 7 nitrogen and oxygen atoms in total. The Labute approximate surface area is 109 Å². The average Bonchev–Trinajstić information content (AvgIpc) is 2.87. The molecule has 1 aromatic heterocycles. The number of carboxylic acids is 1. The monoisotopic (exact) mass is 263 g/mol. The SMILES string of the molecule is CC(NC(=O)/C(C#N)=C\NCc1ccco1)C(=O)O. The molecular weight excluding hydrogens is 250 g/mol. The van der Waals surface area contributed by atoms with Crippen LogP contribution in [0.2, 0.25) is 0 Å². The minimum Gasteiger partial charge on any atom is -0.480 e. The van der Waals surface area contributed by atoms with Gasteiger partial charge in [-0.05, 0) is 19.1 Å². The second-order valence-electron chi connectivity index (χ2n) is 3.66. The number of carboxylic acid groups (broad SMARTS) is 1. The van der Waals surface area contributed by atoms with E-state index < -0.39 is 17.9 Å². The molecule has 0 radical (unpaired) electrons. The summed E-state index contributed by atoms with van der Waals surface area (Å²) < 4.78 is 5.05. The van der Waals surface area contributed by atoms with Crippen molar-refractivity contribution < 1.29 is 19.1 Å². The van der Waals surface area contributed by atoms with Crippen LogP contribution in [0.1, 0.15) is 12.7 Å². The molecule has 0 bridgehead atoms. The molecule has 100 valence electrons. The van der Waals surface area contributed by atoms with Gasteiger partial charge in [-0.2, -0.15) is 5.26 Å². The van der Waals surface area contributed by atoms with Crippen LogP contribution in [0.25, 0.3) is 0 Å². The topological polar surface area (TPSA) is 115 Å². The van der Waals surface area contributed by atoms with Crippen molar-refractivity contribution in [3.8, 4) is 6.07 Å². The van der Waals surface area contributed by atoms with E-state index in [1.165, 1.54) is 19.4 Å². The maximum absolute atomic E-state index is 11.6. The first-order chi connectivity index (χ1) is 9.04. The molecule has 1 atom stereocenters. The van der Waals surface area contributed by atoms with Gasteiger partial charge in [-0.25, -0.2) is 0 Å². The Bertz CT molecular complexity index is 514. The van der Waals surface area contributed by atoms with Crippen LogP contribution in [0.3, 0.4) is 0 Å². The molecule has 1 heterocycles. The van der Waals surface area contributed by atoms with Crippen molar-refractivity contribution in [2.45, 2.75) is 19.5 Å². The van der Waals surface area contributed by atoms with Gasteiger partial charge in [0.2, 0.25) is 0 Å². The third-order valence-electron chi connectivity index (χ3n) is 2.19. The number of amides is 1. The molecular formula is C12H13N3O4. The Morgan fingerprint density at radius 1 is 1.63 bits per heavy atom. The number of nitriles is 1. The van der Waals surface area contributed by atoms with E-state index in [-0.39, 0.29) is 5.57 Å². The predicted octanol–water partition coefficient (Wildman–Crippen LogP) is 0.366. The number of rotatable bonds is 6. The van der Waals surface area contributed by atoms with Crippen LogP contribution < -0.4 is 10.6 Å². The fourth-order valence-corrected chi connectivity index (χ4v) is 1.15. The highest BCUT2D eigenvalue weighted by molar-refractivity contribution is 5.99. The second kappa shape index (κ2) is 6.86. The van der Waals surface area contributed by atoms with Gasteiger partial charge < -0.3 is 20.2 Å². The molecule has 1 rings (SSSR count). The van der Waals surface area contributed by atoms with Crippen molar-refractivity contribution in [1.82, 2.24) is 10.6 Å². The third kappa shape index (κ3) is 4.55. The highest BCUT2D eigenvalue weighted by Gasteiger charge is 2.16. The normalized spacial score (nSPS) is 12.3. The predicted molar refractivity (Wildman–Crippen MR) is 64.5 cm³/mol. The molecule has 3 N–H and O–H groups in total. The number of carbonyl (C=O) groups is 2. The number of nitrogens with zero attached hydrogens (tertiary/aromatic N) is 1. The molecule has 0 aliphatic carbocycles. The Hall–Kier alpha value is -2.75. The first kappa shape index (κ1) is 14.3. The van der Waals surface area contributed by atoms with E-state index >= 15 is 0 Å². The fourth-order valence-electron chi connectivity index (χ4n) is 1.15. The summed E-state index contributed by atoms with van der Waals surface area (Å²) in [6.07, 6.45) is 2.72. The quantitative estimate of drug-likeness (QED) is 0.504. The van der Waals surface area contributed by atoms with E-state index in [1.807, 2.05) is 0 Å². The van der Waals surface area contributed by atoms with E-state index in [1.54, 1.807) is 18.2 Å². The smallest absolute Gasteiger partial charge is 0.325 e. The number of aliphatic carboxylic acids is 1. The Morgan fingerprint density at radius 3 is 2.89 bits per heavy atom. The van der Waals surface area contributed by atoms with Gasteiger partial charge in [-0.1, -0.05) is 0 Å². The number of hydrogen-bond donors (Lipinski definition) is 3. The standard InChI is InChI=1S/C12H13N3O4/c1-8(12(17)18)15-11(16)9(5-13)6-14-7-10-3-2-4-19-10/h2-4,6,8,14H,7H2,1H3,(H,15,16)(H,17,18)/b9-6-. The maximum Gasteiger partial charge on any atom is 0.325 e. The van der Waals surface area contributed by atoms with Crippen molar-refractivity contribution >= 4 is 11.9 Å². The first-order valence-electron chi connectivity index (χ1n) is 5.44. The molecule has 0 spiro atoms. The van der Waals surface area contributed by atoms with Gasteiger partial charge in [0.25, 0.3) is 5.91 Å². The van der Waals surface area contributed by atoms with Gasteiger partial charge in [-0.3, -0.25) is 9.59 Å². The van der Waals surface area contributed by atoms with Crippen LogP contribution in [-0.4, -0.2) is 23.0 Å². The van der Waals surface area contributed by atoms with Gasteiger partial charge >= 0.3 is 5.97 Å². The van der Waals surface area contributed by atoms with Crippen molar-refractivity contribution in [2.24, 2.45) is 0 Å². The highest BCUT2D eigenvalue weighted by atomic mass is 16.4. The van der Waals surface area contributed by atoms with E-state index in [0.29, 0.717) is 12.3 Å². The summed E-state index contributed by atoms with van der Waals surface area (Å²) in [5.41, 5.74) is -0.209. The summed E-state index contributed by atoms with van der Waals surface area (Å²) in [7, 11) is 0. The number of nitrogens with one attached hydrogen (secondary N) is 2. The summed E-state index contributed by atoms with van der Waals surface area (Å²) in [5.74, 6) is -1.27. The average molecular weight is 263 g/mol. The van der Waals surface area contributed by atoms with Crippen LogP contribution in [0.4, 0.5) is 0 Å². The summed E-state index contributed by atoms with van der Waals surface area (Å²) in [6.45, 7) is 1.63. The van der Waals surface area contributed by atoms with E-state index in [2.05, 4.69) is 10.6 Å². The van der Waals surface area contributed by atoms with Crippen LogP contribution in [0, 0.1) is 11.3 Å². The summed E-state index contributed by atoms with van der Waals surface area (Å²) >= 11 is 0. The molecule has 0 aliphatic heterocycles. The zero-order valence-electron chi connectivity index (χ0n) is 10.2. The fraction of sp³-hybridized carbons (Fsp3) is 0.250. The van der Waals surface area contributed by atoms with Crippen molar-refractivity contribution in [1.29, 1.82) is 5.26 Å². The zero-order chi connectivity index (χ0) is 14.3. The van der Waals surface area contributed by atoms with Crippen LogP contribution in [0.15, 0.2) is 34.6 Å². The largest absolute Gasteiger partial charge is 0.480 e. The molecule has 7 heteroatoms. The highest BCUT2D eigenvalue weighted by Crippen LogP contribution is 1.99. The van der Waals surface area contributed by atoms with Crippen LogP contribution in [0.5, 0.6) is 0 Å². The third-order valence-corrected chi connectivity index (χ3v) is 2.19. The van der Waals surface area contributed by atoms with Gasteiger partial charge in [-0.15, -0.1) is 0 Å². The minimum atomic E-state index is -1.17. The molecule has 19 heavy (non-hydrogen) atoms. The molecule has 0 saturated heterocycles. The second-order valence-corrected chi connectivity index (χ2v) is 3.66. The number of hydrogen-bond acceptors (Lipinski definition) is 5. The molecule has 1 unspecified atom stereocenters. The van der Waals surface area contributed by atoms with Gasteiger partial charge in [0.1, 0.15) is 23.4 Å². The molecule has 0 aliphatic rings. The Kier molecular flexibility index (Phi) is 5.17. The number of furan rings is 1. The molecule has 0 fully saturated rings. The Balaban J connectivity index is 2.54. The number of carbonyl (C=O) groups excluding carboxylic acids is 1. The summed E-state index contributed by atoms with van der Waals surface area (Å²) in [4.78, 5) is 22.1. The first-order valence-corrected chi connectivity index (χ1v) is 5.44. The summed E-state index contributed by atoms with van der Waals surface area (Å²) in [5, 5.41) is 22.4. The lowest BCUT2D eigenvalue weighted by Gasteiger charge is -2.08.